The summed E-state index contributed by atoms with van der Waals surface area (Å²) in [6, 6.07) is 9.65. The molecule has 0 radical (unpaired) electrons. The number of hydrogen-bond donors (Lipinski definition) is 1. The Hall–Kier alpha value is -2.51. The molecule has 7 heteroatoms. The minimum atomic E-state index is -1.53. The van der Waals surface area contributed by atoms with Crippen LogP contribution in [0.2, 0.25) is 0 Å². The van der Waals surface area contributed by atoms with E-state index in [4.69, 9.17) is 4.74 Å². The van der Waals surface area contributed by atoms with E-state index < -0.39 is 23.3 Å². The molecule has 0 spiro atoms. The fourth-order valence-electron chi connectivity index (χ4n) is 6.89. The van der Waals surface area contributed by atoms with Gasteiger partial charge in [-0.1, -0.05) is 31.0 Å². The monoisotopic (exact) mass is 525 g/mol. The minimum absolute atomic E-state index is 0.0556. The number of nitrogens with zero attached hydrogens (tertiary/aromatic N) is 2. The van der Waals surface area contributed by atoms with Crippen molar-refractivity contribution >= 4 is 10.9 Å². The lowest BCUT2D eigenvalue weighted by Crippen LogP contribution is -2.54. The Kier molecular flexibility index (Phi) is 6.71. The van der Waals surface area contributed by atoms with Crippen molar-refractivity contribution in [1.82, 2.24) is 14.8 Å². The van der Waals surface area contributed by atoms with E-state index in [-0.39, 0.29) is 30.0 Å². The van der Waals surface area contributed by atoms with Gasteiger partial charge in [0.1, 0.15) is 29.2 Å². The van der Waals surface area contributed by atoms with Crippen molar-refractivity contribution < 1.29 is 17.9 Å². The molecular weight excluding hydrogens is 487 g/mol. The number of ether oxygens (including phenoxy) is 1. The Morgan fingerprint density at radius 2 is 1.74 bits per heavy atom. The first-order valence-electron chi connectivity index (χ1n) is 14.1. The largest absolute Gasteiger partial charge is 0.488 e. The summed E-state index contributed by atoms with van der Waals surface area (Å²) >= 11 is 0. The number of para-hydroxylation sites is 1. The molecule has 2 fully saturated rings. The SMILES string of the molecule is CC1Cc2c([nH]c3ccccc23)C(c2c(F)cc(OC3CN(CC4CCCC4)C3)cc2F)N1CC(C)(C)F. The van der Waals surface area contributed by atoms with Gasteiger partial charge in [-0.25, -0.2) is 13.2 Å². The molecule has 0 amide bonds. The highest BCUT2D eigenvalue weighted by molar-refractivity contribution is 5.85. The molecule has 3 aromatic rings. The Labute approximate surface area is 223 Å². The molecule has 1 aromatic heterocycles. The molecule has 3 heterocycles. The molecule has 1 saturated heterocycles. The zero-order valence-corrected chi connectivity index (χ0v) is 22.6. The third kappa shape index (κ3) is 4.95. The standard InChI is InChI=1S/C31H38F3N3O/c1-19-12-24-23-10-6-7-11-27(23)35-29(24)30(37(19)18-31(2,3)34)28-25(32)13-21(14-26(28)33)38-22-16-36(17-22)15-20-8-4-5-9-20/h6-7,10-11,13-14,19-20,22,30,35H,4-5,8-9,12,15-18H2,1-3H3. The maximum atomic E-state index is 15.8. The number of likely N-dealkylation sites (tertiary alicyclic amines) is 1. The van der Waals surface area contributed by atoms with Crippen molar-refractivity contribution in [2.45, 2.75) is 76.7 Å². The molecule has 3 aliphatic rings. The second-order valence-corrected chi connectivity index (χ2v) is 12.3. The van der Waals surface area contributed by atoms with Gasteiger partial charge in [0, 0.05) is 66.5 Å². The Morgan fingerprint density at radius 1 is 1.05 bits per heavy atom. The Balaban J connectivity index is 1.29. The van der Waals surface area contributed by atoms with Crippen LogP contribution in [0.3, 0.4) is 0 Å². The molecular formula is C31H38F3N3O. The first-order valence-corrected chi connectivity index (χ1v) is 14.1. The summed E-state index contributed by atoms with van der Waals surface area (Å²) in [5.74, 6) is -0.331. The molecule has 2 aliphatic heterocycles. The van der Waals surface area contributed by atoms with Gasteiger partial charge in [0.05, 0.1) is 6.04 Å². The normalized spacial score (nSPS) is 23.6. The molecule has 2 aromatic carbocycles. The van der Waals surface area contributed by atoms with Crippen molar-refractivity contribution in [3.05, 3.63) is 64.9 Å². The second-order valence-electron chi connectivity index (χ2n) is 12.3. The van der Waals surface area contributed by atoms with Crippen LogP contribution in [0.15, 0.2) is 36.4 Å². The van der Waals surface area contributed by atoms with Crippen molar-refractivity contribution in [2.24, 2.45) is 5.92 Å². The van der Waals surface area contributed by atoms with E-state index in [2.05, 4.69) is 9.88 Å². The number of nitrogens with one attached hydrogen (secondary N) is 1. The number of aromatic nitrogens is 1. The molecule has 6 rings (SSSR count). The molecule has 0 bridgehead atoms. The van der Waals surface area contributed by atoms with Crippen LogP contribution in [0.25, 0.3) is 10.9 Å². The van der Waals surface area contributed by atoms with Crippen LogP contribution >= 0.6 is 0 Å². The highest BCUT2D eigenvalue weighted by Gasteiger charge is 2.41. The number of aromatic amines is 1. The van der Waals surface area contributed by atoms with E-state index in [1.54, 1.807) is 0 Å². The number of benzene rings is 2. The summed E-state index contributed by atoms with van der Waals surface area (Å²) in [5, 5.41) is 1.05. The van der Waals surface area contributed by atoms with Gasteiger partial charge in [0.25, 0.3) is 0 Å². The van der Waals surface area contributed by atoms with Crippen molar-refractivity contribution in [2.75, 3.05) is 26.2 Å². The average molecular weight is 526 g/mol. The average Bonchev–Trinajstić information content (AvgIpc) is 3.46. The summed E-state index contributed by atoms with van der Waals surface area (Å²) < 4.78 is 52.6. The number of alkyl halides is 1. The number of rotatable bonds is 7. The third-order valence-corrected chi connectivity index (χ3v) is 8.62. The fourth-order valence-corrected chi connectivity index (χ4v) is 6.89. The molecule has 4 nitrogen and oxygen atoms in total. The zero-order chi connectivity index (χ0) is 26.6. The molecule has 1 saturated carbocycles. The second kappa shape index (κ2) is 9.91. The highest BCUT2D eigenvalue weighted by Crippen LogP contribution is 2.44. The molecule has 204 valence electrons. The summed E-state index contributed by atoms with van der Waals surface area (Å²) in [6.45, 7) is 7.76. The first-order chi connectivity index (χ1) is 18.2. The third-order valence-electron chi connectivity index (χ3n) is 8.62. The number of hydrogen-bond acceptors (Lipinski definition) is 3. The summed E-state index contributed by atoms with van der Waals surface area (Å²) in [6.07, 6.45) is 5.87. The zero-order valence-electron chi connectivity index (χ0n) is 22.6. The predicted octanol–water partition coefficient (Wildman–Crippen LogP) is 6.78. The summed E-state index contributed by atoms with van der Waals surface area (Å²) in [7, 11) is 0. The van der Waals surface area contributed by atoms with Crippen molar-refractivity contribution in [3.63, 3.8) is 0 Å². The van der Waals surface area contributed by atoms with E-state index in [9.17, 15) is 4.39 Å². The molecule has 1 N–H and O–H groups in total. The fraction of sp³-hybridized carbons (Fsp3) is 0.548. The van der Waals surface area contributed by atoms with Crippen molar-refractivity contribution in [3.8, 4) is 5.75 Å². The Morgan fingerprint density at radius 3 is 2.42 bits per heavy atom. The van der Waals surface area contributed by atoms with Crippen LogP contribution < -0.4 is 4.74 Å². The molecule has 2 atom stereocenters. The van der Waals surface area contributed by atoms with Crippen LogP contribution in [0.5, 0.6) is 5.75 Å². The molecule has 2 unspecified atom stereocenters. The summed E-state index contributed by atoms with van der Waals surface area (Å²) in [4.78, 5) is 7.69. The van der Waals surface area contributed by atoms with Gasteiger partial charge < -0.3 is 9.72 Å². The number of H-pyrrole nitrogens is 1. The van der Waals surface area contributed by atoms with E-state index in [0.717, 1.165) is 47.7 Å². The lowest BCUT2D eigenvalue weighted by Gasteiger charge is -2.43. The van der Waals surface area contributed by atoms with E-state index >= 15 is 8.78 Å². The number of halogens is 3. The first kappa shape index (κ1) is 25.8. The lowest BCUT2D eigenvalue weighted by atomic mass is 9.87. The van der Waals surface area contributed by atoms with Crippen LogP contribution in [0.1, 0.15) is 69.3 Å². The maximum Gasteiger partial charge on any atom is 0.135 e. The van der Waals surface area contributed by atoms with Gasteiger partial charge in [-0.2, -0.15) is 0 Å². The topological polar surface area (TPSA) is 31.5 Å². The van der Waals surface area contributed by atoms with Crippen LogP contribution in [-0.2, 0) is 6.42 Å². The van der Waals surface area contributed by atoms with Gasteiger partial charge >= 0.3 is 0 Å². The number of fused-ring (bicyclic) bond motifs is 3. The lowest BCUT2D eigenvalue weighted by molar-refractivity contribution is 0.0103. The van der Waals surface area contributed by atoms with Crippen molar-refractivity contribution in [1.29, 1.82) is 0 Å². The maximum absolute atomic E-state index is 15.8. The van der Waals surface area contributed by atoms with E-state index in [1.165, 1.54) is 51.7 Å². The van der Waals surface area contributed by atoms with Gasteiger partial charge in [0.2, 0.25) is 0 Å². The van der Waals surface area contributed by atoms with E-state index in [1.807, 2.05) is 36.1 Å². The molecule has 1 aliphatic carbocycles. The minimum Gasteiger partial charge on any atom is -0.488 e. The quantitative estimate of drug-likeness (QED) is 0.369. The van der Waals surface area contributed by atoms with Gasteiger partial charge in [-0.05, 0) is 57.6 Å². The van der Waals surface area contributed by atoms with Crippen LogP contribution in [-0.4, -0.2) is 58.8 Å². The highest BCUT2D eigenvalue weighted by atomic mass is 19.1. The van der Waals surface area contributed by atoms with Crippen LogP contribution in [0, 0.1) is 17.6 Å². The molecule has 38 heavy (non-hydrogen) atoms. The van der Waals surface area contributed by atoms with Crippen LogP contribution in [0.4, 0.5) is 13.2 Å². The van der Waals surface area contributed by atoms with Gasteiger partial charge in [-0.15, -0.1) is 0 Å². The van der Waals surface area contributed by atoms with Gasteiger partial charge in [-0.3, -0.25) is 9.80 Å². The predicted molar refractivity (Wildman–Crippen MR) is 144 cm³/mol. The Bertz CT molecular complexity index is 1280. The smallest absolute Gasteiger partial charge is 0.135 e. The van der Waals surface area contributed by atoms with E-state index in [0.29, 0.717) is 6.42 Å². The summed E-state index contributed by atoms with van der Waals surface area (Å²) in [5.41, 5.74) is 1.12. The van der Waals surface area contributed by atoms with Gasteiger partial charge in [0.15, 0.2) is 0 Å².